The highest BCUT2D eigenvalue weighted by Crippen LogP contribution is 2.23. The first kappa shape index (κ1) is 10.6. The first-order valence-corrected chi connectivity index (χ1v) is 4.99. The summed E-state index contributed by atoms with van der Waals surface area (Å²) in [4.78, 5) is 11.4. The molecule has 0 bridgehead atoms. The van der Waals surface area contributed by atoms with Crippen LogP contribution in [0.4, 0.5) is 0 Å². The minimum Gasteiger partial charge on any atom is -0.396 e. The SMILES string of the molecule is NC(=O)c1c([CH]CO)ccc2ccccc12. The third kappa shape index (κ3) is 1.77. The summed E-state index contributed by atoms with van der Waals surface area (Å²) in [6.07, 6.45) is 1.58. The van der Waals surface area contributed by atoms with Crippen LogP contribution in [-0.2, 0) is 0 Å². The normalized spacial score (nSPS) is 10.6. The molecule has 0 unspecified atom stereocenters. The zero-order chi connectivity index (χ0) is 11.5. The van der Waals surface area contributed by atoms with Crippen molar-refractivity contribution in [2.75, 3.05) is 6.61 Å². The third-order valence-electron chi connectivity index (χ3n) is 2.52. The average molecular weight is 214 g/mol. The Morgan fingerprint density at radius 1 is 1.25 bits per heavy atom. The number of carbonyl (C=O) groups is 1. The van der Waals surface area contributed by atoms with Crippen molar-refractivity contribution in [3.05, 3.63) is 53.9 Å². The van der Waals surface area contributed by atoms with E-state index in [1.54, 1.807) is 12.5 Å². The Bertz CT molecular complexity index is 534. The van der Waals surface area contributed by atoms with E-state index in [4.69, 9.17) is 10.8 Å². The van der Waals surface area contributed by atoms with E-state index in [0.717, 1.165) is 10.8 Å². The van der Waals surface area contributed by atoms with Crippen LogP contribution in [0, 0.1) is 6.42 Å². The summed E-state index contributed by atoms with van der Waals surface area (Å²) in [5, 5.41) is 10.7. The molecule has 0 aliphatic heterocycles. The van der Waals surface area contributed by atoms with Gasteiger partial charge in [0, 0.05) is 6.42 Å². The maximum Gasteiger partial charge on any atom is 0.249 e. The fourth-order valence-electron chi connectivity index (χ4n) is 1.83. The molecule has 0 saturated carbocycles. The maximum absolute atomic E-state index is 11.4. The van der Waals surface area contributed by atoms with Crippen molar-refractivity contribution in [1.82, 2.24) is 0 Å². The number of rotatable bonds is 3. The topological polar surface area (TPSA) is 63.3 Å². The zero-order valence-electron chi connectivity index (χ0n) is 8.68. The predicted octanol–water partition coefficient (Wildman–Crippen LogP) is 1.48. The van der Waals surface area contributed by atoms with E-state index in [0.29, 0.717) is 11.1 Å². The van der Waals surface area contributed by atoms with Gasteiger partial charge in [0.25, 0.3) is 0 Å². The molecule has 0 saturated heterocycles. The van der Waals surface area contributed by atoms with Gasteiger partial charge in [0.05, 0.1) is 12.2 Å². The molecule has 0 aliphatic rings. The van der Waals surface area contributed by atoms with Gasteiger partial charge in [0.15, 0.2) is 0 Å². The van der Waals surface area contributed by atoms with Gasteiger partial charge in [-0.1, -0.05) is 36.4 Å². The highest BCUT2D eigenvalue weighted by Gasteiger charge is 2.11. The number of hydrogen-bond donors (Lipinski definition) is 2. The Labute approximate surface area is 93.5 Å². The molecule has 2 aromatic rings. The van der Waals surface area contributed by atoms with Crippen LogP contribution in [0.3, 0.4) is 0 Å². The molecule has 0 atom stereocenters. The van der Waals surface area contributed by atoms with Gasteiger partial charge in [-0.05, 0) is 16.3 Å². The lowest BCUT2D eigenvalue weighted by Crippen LogP contribution is -2.14. The van der Waals surface area contributed by atoms with E-state index in [9.17, 15) is 4.79 Å². The van der Waals surface area contributed by atoms with Crippen molar-refractivity contribution in [3.8, 4) is 0 Å². The second-order valence-corrected chi connectivity index (χ2v) is 3.50. The Hall–Kier alpha value is -1.87. The summed E-state index contributed by atoms with van der Waals surface area (Å²) in [7, 11) is 0. The van der Waals surface area contributed by atoms with Gasteiger partial charge in [0.2, 0.25) is 5.91 Å². The Morgan fingerprint density at radius 3 is 2.69 bits per heavy atom. The maximum atomic E-state index is 11.4. The van der Waals surface area contributed by atoms with Gasteiger partial charge in [-0.25, -0.2) is 0 Å². The molecular formula is C13H12NO2. The zero-order valence-corrected chi connectivity index (χ0v) is 8.68. The molecule has 0 spiro atoms. The van der Waals surface area contributed by atoms with E-state index < -0.39 is 5.91 Å². The van der Waals surface area contributed by atoms with E-state index in [-0.39, 0.29) is 6.61 Å². The molecule has 3 N–H and O–H groups in total. The number of nitrogens with two attached hydrogens (primary N) is 1. The fourth-order valence-corrected chi connectivity index (χ4v) is 1.83. The molecule has 0 fully saturated rings. The van der Waals surface area contributed by atoms with Crippen molar-refractivity contribution in [2.45, 2.75) is 0 Å². The smallest absolute Gasteiger partial charge is 0.249 e. The number of primary amides is 1. The molecule has 1 amide bonds. The third-order valence-corrected chi connectivity index (χ3v) is 2.52. The van der Waals surface area contributed by atoms with Crippen LogP contribution < -0.4 is 5.73 Å². The number of benzene rings is 2. The van der Waals surface area contributed by atoms with E-state index in [1.165, 1.54) is 0 Å². The molecule has 16 heavy (non-hydrogen) atoms. The summed E-state index contributed by atoms with van der Waals surface area (Å²) in [5.74, 6) is -0.475. The lowest BCUT2D eigenvalue weighted by Gasteiger charge is -2.08. The largest absolute Gasteiger partial charge is 0.396 e. The first-order chi connectivity index (χ1) is 7.74. The Kier molecular flexibility index (Phi) is 2.88. The van der Waals surface area contributed by atoms with Crippen molar-refractivity contribution < 1.29 is 9.90 Å². The molecule has 1 radical (unpaired) electrons. The summed E-state index contributed by atoms with van der Waals surface area (Å²) in [5.41, 5.74) is 6.51. The second-order valence-electron chi connectivity index (χ2n) is 3.50. The molecule has 3 heteroatoms. The van der Waals surface area contributed by atoms with Crippen LogP contribution in [0.15, 0.2) is 36.4 Å². The number of aliphatic hydroxyl groups is 1. The van der Waals surface area contributed by atoms with E-state index in [1.807, 2.05) is 30.3 Å². The molecule has 3 nitrogen and oxygen atoms in total. The minimum absolute atomic E-state index is 0.112. The fraction of sp³-hybridized carbons (Fsp3) is 0.0769. The average Bonchev–Trinajstić information content (AvgIpc) is 2.28. The van der Waals surface area contributed by atoms with Gasteiger partial charge < -0.3 is 10.8 Å². The standard InChI is InChI=1S/C13H12NO2/c14-13(16)12-10(7-8-15)6-5-9-3-1-2-4-11(9)12/h1-7,15H,8H2,(H2,14,16). The van der Waals surface area contributed by atoms with Crippen LogP contribution in [0.25, 0.3) is 10.8 Å². The molecule has 2 rings (SSSR count). The second kappa shape index (κ2) is 4.33. The van der Waals surface area contributed by atoms with Crippen molar-refractivity contribution in [1.29, 1.82) is 0 Å². The van der Waals surface area contributed by atoms with E-state index >= 15 is 0 Å². The Balaban J connectivity index is 2.73. The molecule has 0 aliphatic carbocycles. The molecule has 0 heterocycles. The van der Waals surface area contributed by atoms with Crippen LogP contribution in [-0.4, -0.2) is 17.6 Å². The van der Waals surface area contributed by atoms with Crippen molar-refractivity contribution in [2.24, 2.45) is 5.73 Å². The number of aliphatic hydroxyl groups excluding tert-OH is 1. The highest BCUT2D eigenvalue weighted by atomic mass is 16.3. The minimum atomic E-state index is -0.475. The Morgan fingerprint density at radius 2 is 2.00 bits per heavy atom. The molecule has 81 valence electrons. The van der Waals surface area contributed by atoms with E-state index in [2.05, 4.69) is 0 Å². The van der Waals surface area contributed by atoms with Gasteiger partial charge in [-0.15, -0.1) is 0 Å². The lowest BCUT2D eigenvalue weighted by atomic mass is 9.97. The van der Waals surface area contributed by atoms with Gasteiger partial charge in [-0.3, -0.25) is 4.79 Å². The van der Waals surface area contributed by atoms with Crippen LogP contribution >= 0.6 is 0 Å². The van der Waals surface area contributed by atoms with Crippen LogP contribution in [0.2, 0.25) is 0 Å². The van der Waals surface area contributed by atoms with Gasteiger partial charge in [-0.2, -0.15) is 0 Å². The highest BCUT2D eigenvalue weighted by molar-refractivity contribution is 6.08. The number of carbonyl (C=O) groups excluding carboxylic acids is 1. The van der Waals surface area contributed by atoms with Gasteiger partial charge >= 0.3 is 0 Å². The number of amides is 1. The summed E-state index contributed by atoms with van der Waals surface area (Å²) < 4.78 is 0. The molecule has 2 aromatic carbocycles. The number of hydrogen-bond acceptors (Lipinski definition) is 2. The van der Waals surface area contributed by atoms with Crippen LogP contribution in [0.5, 0.6) is 0 Å². The summed E-state index contributed by atoms with van der Waals surface area (Å²) >= 11 is 0. The monoisotopic (exact) mass is 214 g/mol. The van der Waals surface area contributed by atoms with Crippen LogP contribution in [0.1, 0.15) is 15.9 Å². The van der Waals surface area contributed by atoms with Crippen molar-refractivity contribution in [3.63, 3.8) is 0 Å². The summed E-state index contributed by atoms with van der Waals surface area (Å²) in [6, 6.07) is 11.2. The quantitative estimate of drug-likeness (QED) is 0.812. The summed E-state index contributed by atoms with van der Waals surface area (Å²) in [6.45, 7) is -0.112. The molecule has 0 aromatic heterocycles. The van der Waals surface area contributed by atoms with Crippen molar-refractivity contribution >= 4 is 16.7 Å². The predicted molar refractivity (Wildman–Crippen MR) is 63.0 cm³/mol. The van der Waals surface area contributed by atoms with Gasteiger partial charge in [0.1, 0.15) is 0 Å². The number of fused-ring (bicyclic) bond motifs is 1. The lowest BCUT2D eigenvalue weighted by molar-refractivity contribution is 0.100. The molecular weight excluding hydrogens is 202 g/mol. The first-order valence-electron chi connectivity index (χ1n) is 4.99.